The Morgan fingerprint density at radius 1 is 0.310 bits per heavy atom. The summed E-state index contributed by atoms with van der Waals surface area (Å²) < 4.78 is 0. The first-order valence-electron chi connectivity index (χ1n) is 21.0. The monoisotopic (exact) mass is 806 g/mol. The molecule has 6 aromatic carbocycles. The topological polar surface area (TPSA) is 80.3 Å². The molecule has 0 heterocycles. The second-order valence-corrected chi connectivity index (χ2v) is 22.8. The Morgan fingerprint density at radius 3 is 0.638 bits per heavy atom. The average molecular weight is 807 g/mol. The minimum Gasteiger partial charge on any atom is -0.543 e. The molecule has 4 nitrogen and oxygen atoms in total. The van der Waals surface area contributed by atoms with Gasteiger partial charge in [0, 0.05) is 0 Å². The molecule has 8 rings (SSSR count). The zero-order valence-corrected chi connectivity index (χ0v) is 35.3. The highest BCUT2D eigenvalue weighted by Crippen LogP contribution is 2.64. The number of benzene rings is 6. The fourth-order valence-electron chi connectivity index (χ4n) is 9.43. The van der Waals surface area contributed by atoms with Gasteiger partial charge in [-0.1, -0.05) is 135 Å². The maximum Gasteiger partial charge on any atom is 0.115 e. The van der Waals surface area contributed by atoms with Crippen LogP contribution in [0.4, 0.5) is 0 Å². The predicted octanol–water partition coefficient (Wildman–Crippen LogP) is 7.89. The lowest BCUT2D eigenvalue weighted by atomic mass is 10.2. The number of carboxylic acid groups (broad SMARTS) is 2. The zero-order chi connectivity index (χ0) is 40.5. The third kappa shape index (κ3) is 10.0. The summed E-state index contributed by atoms with van der Waals surface area (Å²) in [6.07, 6.45) is 16.5. The van der Waals surface area contributed by atoms with Crippen molar-refractivity contribution in [1.29, 1.82) is 0 Å². The van der Waals surface area contributed by atoms with Gasteiger partial charge in [0.15, 0.2) is 0 Å². The fraction of sp³-hybridized carbons (Fsp3) is 0.269. The summed E-state index contributed by atoms with van der Waals surface area (Å²) in [6, 6.07) is 68.3. The summed E-state index contributed by atoms with van der Waals surface area (Å²) in [5.74, 6) is -4.37. The molecule has 0 N–H and O–H groups in total. The van der Waals surface area contributed by atoms with E-state index in [1.54, 1.807) is 31.8 Å². The first kappa shape index (κ1) is 42.7. The molecule has 0 aliphatic heterocycles. The van der Waals surface area contributed by atoms with Gasteiger partial charge in [-0.25, -0.2) is 0 Å². The van der Waals surface area contributed by atoms with Crippen molar-refractivity contribution in [1.82, 2.24) is 0 Å². The van der Waals surface area contributed by atoms with Crippen LogP contribution < -0.4 is 42.0 Å². The lowest BCUT2D eigenvalue weighted by Crippen LogP contribution is -2.42. The van der Waals surface area contributed by atoms with Crippen LogP contribution in [-0.4, -0.2) is 23.3 Å². The van der Waals surface area contributed by atoms with Crippen molar-refractivity contribution in [2.75, 3.05) is 0 Å². The molecule has 0 amide bonds. The molecule has 6 heteroatoms. The van der Waals surface area contributed by atoms with Gasteiger partial charge in [-0.3, -0.25) is 0 Å². The summed E-state index contributed by atoms with van der Waals surface area (Å²) in [5, 5.41) is 27.1. The lowest BCUT2D eigenvalue weighted by Gasteiger charge is -2.34. The Hall–Kier alpha value is -4.88. The first-order valence-corrected chi connectivity index (χ1v) is 24.7. The highest BCUT2D eigenvalue weighted by molar-refractivity contribution is 7.96. The molecule has 2 aliphatic carbocycles. The average Bonchev–Trinajstić information content (AvgIpc) is 3.74. The highest BCUT2D eigenvalue weighted by Gasteiger charge is 2.53. The van der Waals surface area contributed by atoms with E-state index in [0.29, 0.717) is 0 Å². The van der Waals surface area contributed by atoms with Crippen LogP contribution in [0.15, 0.2) is 182 Å². The second kappa shape index (κ2) is 21.8. The molecule has 0 radical (unpaired) electrons. The summed E-state index contributed by atoms with van der Waals surface area (Å²) in [4.78, 5) is 17.9. The van der Waals surface area contributed by atoms with E-state index < -0.39 is 26.5 Å². The van der Waals surface area contributed by atoms with Gasteiger partial charge in [0.2, 0.25) is 0 Å². The van der Waals surface area contributed by atoms with Gasteiger partial charge in [-0.05, 0) is 124 Å². The molecule has 2 fully saturated rings. The van der Waals surface area contributed by atoms with Crippen molar-refractivity contribution in [3.8, 4) is 0 Å². The molecule has 2 saturated carbocycles. The number of hydrogen-bond acceptors (Lipinski definition) is 4. The van der Waals surface area contributed by atoms with Gasteiger partial charge in [-0.2, -0.15) is 0 Å². The minimum absolute atomic E-state index is 0.747. The number of carboxylic acids is 2. The van der Waals surface area contributed by atoms with Crippen LogP contribution in [0.3, 0.4) is 0 Å². The smallest absolute Gasteiger partial charge is 0.115 e. The number of carbonyl (C=O) groups excluding carboxylic acids is 2. The van der Waals surface area contributed by atoms with Crippen LogP contribution in [0.1, 0.15) is 77.0 Å². The molecule has 0 unspecified atom stereocenters. The number of hydrogen-bond donors (Lipinski definition) is 0. The van der Waals surface area contributed by atoms with Crippen LogP contribution in [0.2, 0.25) is 0 Å². The van der Waals surface area contributed by atoms with Crippen molar-refractivity contribution < 1.29 is 19.8 Å². The van der Waals surface area contributed by atoms with Crippen LogP contribution >= 0.6 is 14.5 Å². The van der Waals surface area contributed by atoms with Crippen molar-refractivity contribution in [2.24, 2.45) is 0 Å². The second-order valence-electron chi connectivity index (χ2n) is 15.3. The summed E-state index contributed by atoms with van der Waals surface area (Å²) in [7, 11) is -3.31. The molecular weight excluding hydrogens is 751 g/mol. The van der Waals surface area contributed by atoms with Crippen molar-refractivity contribution in [3.63, 3.8) is 0 Å². The van der Waals surface area contributed by atoms with E-state index in [9.17, 15) is 0 Å². The standard InChI is InChI=1S/2C25H28P.C2H2O4/c2*1-2-7-15-22(14-6-1)26(23-16-8-3-9-17-23,24-18-10-4-11-19-24)25-20-12-5-13-21-25;3-1(4)2(5)6/h2*3-5,8-13,16-22H,1-2,6-7,14-15H2;(H,3,4)(H,5,6)/q2*+1;/p-2. The number of rotatable bonds is 8. The molecule has 6 aromatic rings. The van der Waals surface area contributed by atoms with E-state index in [2.05, 4.69) is 182 Å². The minimum atomic E-state index is -2.19. The van der Waals surface area contributed by atoms with Gasteiger partial charge in [0.05, 0.1) is 23.3 Å². The van der Waals surface area contributed by atoms with Crippen LogP contribution in [-0.2, 0) is 9.59 Å². The third-order valence-corrected chi connectivity index (χ3v) is 21.8. The van der Waals surface area contributed by atoms with Crippen molar-refractivity contribution >= 4 is 58.3 Å². The van der Waals surface area contributed by atoms with Gasteiger partial charge in [0.25, 0.3) is 0 Å². The maximum atomic E-state index is 8.93. The van der Waals surface area contributed by atoms with E-state index in [4.69, 9.17) is 19.8 Å². The van der Waals surface area contributed by atoms with Gasteiger partial charge in [-0.15, -0.1) is 0 Å². The molecule has 0 aromatic heterocycles. The van der Waals surface area contributed by atoms with Crippen molar-refractivity contribution in [2.45, 2.75) is 88.4 Å². The third-order valence-electron chi connectivity index (χ3n) is 11.9. The van der Waals surface area contributed by atoms with E-state index in [-0.39, 0.29) is 0 Å². The highest BCUT2D eigenvalue weighted by atomic mass is 31.2. The van der Waals surface area contributed by atoms with Crippen LogP contribution in [0, 0.1) is 0 Å². The normalized spacial score (nSPS) is 15.2. The number of aliphatic carboxylic acids is 2. The molecular formula is C52H56O4P2. The maximum absolute atomic E-state index is 8.93. The molecule has 0 spiro atoms. The largest absolute Gasteiger partial charge is 0.543 e. The molecule has 0 bridgehead atoms. The summed E-state index contributed by atoms with van der Waals surface area (Å²) >= 11 is 0. The zero-order valence-electron chi connectivity index (χ0n) is 33.5. The van der Waals surface area contributed by atoms with Gasteiger partial charge >= 0.3 is 0 Å². The fourth-order valence-corrected chi connectivity index (χ4v) is 19.9. The first-order chi connectivity index (χ1) is 28.5. The van der Waals surface area contributed by atoms with Crippen LogP contribution in [0.25, 0.3) is 0 Å². The summed E-state index contributed by atoms with van der Waals surface area (Å²) in [6.45, 7) is 0. The lowest BCUT2D eigenvalue weighted by molar-refractivity contribution is -0.345. The Labute approximate surface area is 347 Å². The molecule has 298 valence electrons. The Bertz CT molecular complexity index is 1730. The predicted molar refractivity (Wildman–Crippen MR) is 243 cm³/mol. The molecule has 0 atom stereocenters. The van der Waals surface area contributed by atoms with E-state index in [1.165, 1.54) is 77.0 Å². The SMILES string of the molecule is O=C([O-])C(=O)[O-].c1ccc([P+](c2ccccc2)(c2ccccc2)C2CCCCCC2)cc1.c1ccc([P+](c2ccccc2)(c2ccccc2)C2CCCCCC2)cc1. The Morgan fingerprint density at radius 2 is 0.483 bits per heavy atom. The summed E-state index contributed by atoms with van der Waals surface area (Å²) in [5.41, 5.74) is 1.49. The quantitative estimate of drug-likeness (QED) is 0.0891. The molecule has 2 aliphatic rings. The van der Waals surface area contributed by atoms with Gasteiger partial charge < -0.3 is 19.8 Å². The van der Waals surface area contributed by atoms with Crippen LogP contribution in [0.5, 0.6) is 0 Å². The number of carbonyl (C=O) groups is 2. The Kier molecular flexibility index (Phi) is 16.0. The van der Waals surface area contributed by atoms with E-state index in [0.717, 1.165) is 11.3 Å². The van der Waals surface area contributed by atoms with E-state index >= 15 is 0 Å². The molecule has 0 saturated heterocycles. The van der Waals surface area contributed by atoms with Crippen molar-refractivity contribution in [3.05, 3.63) is 182 Å². The van der Waals surface area contributed by atoms with Gasteiger partial charge in [0.1, 0.15) is 46.4 Å². The van der Waals surface area contributed by atoms with E-state index in [1.807, 2.05) is 0 Å². The molecule has 58 heavy (non-hydrogen) atoms. The Balaban J connectivity index is 0.000000172.